The third-order valence-corrected chi connectivity index (χ3v) is 6.33. The summed E-state index contributed by atoms with van der Waals surface area (Å²) >= 11 is 0. The first-order valence-electron chi connectivity index (χ1n) is 12.1. The number of hydrogen-bond donors (Lipinski definition) is 1. The SMILES string of the molecule is COCCOc1cc(/C=C/c2cccc(-c3ccccc3)c2C#N)c(C)cc1CN1CCNCC1. The van der Waals surface area contributed by atoms with Gasteiger partial charge in [0.15, 0.2) is 0 Å². The van der Waals surface area contributed by atoms with Crippen LogP contribution in [0.5, 0.6) is 5.75 Å². The van der Waals surface area contributed by atoms with Crippen LogP contribution >= 0.6 is 0 Å². The maximum absolute atomic E-state index is 9.94. The molecule has 5 nitrogen and oxygen atoms in total. The zero-order valence-electron chi connectivity index (χ0n) is 20.6. The molecule has 4 rings (SSSR count). The Morgan fingerprint density at radius 2 is 1.74 bits per heavy atom. The standard InChI is InChI=1S/C30H33N3O2/c1-23-19-27(22-33-15-13-32-14-16-33)30(35-18-17-34-2)20-26(23)12-11-25-9-6-10-28(29(25)21-31)24-7-4-3-5-8-24/h3-12,19-20,32H,13-18,22H2,1-2H3/b12-11+. The number of piperazine rings is 1. The second-order valence-corrected chi connectivity index (χ2v) is 8.76. The van der Waals surface area contributed by atoms with Crippen molar-refractivity contribution in [3.8, 4) is 22.9 Å². The van der Waals surface area contributed by atoms with Crippen molar-refractivity contribution in [2.45, 2.75) is 13.5 Å². The number of nitriles is 1. The molecule has 35 heavy (non-hydrogen) atoms. The van der Waals surface area contributed by atoms with Gasteiger partial charge in [-0.3, -0.25) is 4.90 Å². The minimum atomic E-state index is 0.509. The van der Waals surface area contributed by atoms with Crippen molar-refractivity contribution in [2.75, 3.05) is 46.5 Å². The number of aryl methyl sites for hydroxylation is 1. The molecular formula is C30H33N3O2. The summed E-state index contributed by atoms with van der Waals surface area (Å²) in [6, 6.07) is 22.8. The molecule has 0 radical (unpaired) electrons. The van der Waals surface area contributed by atoms with Gasteiger partial charge in [0, 0.05) is 51.0 Å². The van der Waals surface area contributed by atoms with Crippen molar-refractivity contribution in [1.29, 1.82) is 5.26 Å². The quantitative estimate of drug-likeness (QED) is 0.349. The van der Waals surface area contributed by atoms with Crippen molar-refractivity contribution in [2.24, 2.45) is 0 Å². The third-order valence-electron chi connectivity index (χ3n) is 6.33. The molecule has 0 bridgehead atoms. The van der Waals surface area contributed by atoms with Gasteiger partial charge in [0.25, 0.3) is 0 Å². The van der Waals surface area contributed by atoms with E-state index in [0.717, 1.165) is 60.7 Å². The van der Waals surface area contributed by atoms with Crippen molar-refractivity contribution < 1.29 is 9.47 Å². The van der Waals surface area contributed by atoms with Gasteiger partial charge in [-0.1, -0.05) is 66.7 Å². The Balaban J connectivity index is 1.64. The molecule has 1 N–H and O–H groups in total. The molecular weight excluding hydrogens is 434 g/mol. The van der Waals surface area contributed by atoms with Gasteiger partial charge >= 0.3 is 0 Å². The first-order valence-corrected chi connectivity index (χ1v) is 12.1. The number of benzene rings is 3. The van der Waals surface area contributed by atoms with Crippen LogP contribution in [-0.4, -0.2) is 51.4 Å². The number of nitrogens with one attached hydrogen (secondary N) is 1. The fourth-order valence-corrected chi connectivity index (χ4v) is 4.42. The highest BCUT2D eigenvalue weighted by Crippen LogP contribution is 2.29. The lowest BCUT2D eigenvalue weighted by molar-refractivity contribution is 0.144. The molecule has 0 unspecified atom stereocenters. The molecule has 1 fully saturated rings. The molecule has 0 amide bonds. The molecule has 3 aromatic rings. The molecule has 0 atom stereocenters. The van der Waals surface area contributed by atoms with E-state index in [1.807, 2.05) is 54.6 Å². The summed E-state index contributed by atoms with van der Waals surface area (Å²) in [6.07, 6.45) is 4.11. The van der Waals surface area contributed by atoms with Crippen molar-refractivity contribution in [1.82, 2.24) is 10.2 Å². The Labute approximate surface area is 208 Å². The lowest BCUT2D eigenvalue weighted by Crippen LogP contribution is -2.42. The monoisotopic (exact) mass is 467 g/mol. The van der Waals surface area contributed by atoms with Crippen LogP contribution in [0.1, 0.15) is 27.8 Å². The minimum Gasteiger partial charge on any atom is -0.491 e. The van der Waals surface area contributed by atoms with E-state index < -0.39 is 0 Å². The lowest BCUT2D eigenvalue weighted by Gasteiger charge is -2.28. The predicted octanol–water partition coefficient (Wildman–Crippen LogP) is 5.13. The largest absolute Gasteiger partial charge is 0.491 e. The maximum Gasteiger partial charge on any atom is 0.124 e. The number of rotatable bonds is 9. The average Bonchev–Trinajstić information content (AvgIpc) is 2.90. The van der Waals surface area contributed by atoms with E-state index in [4.69, 9.17) is 9.47 Å². The van der Waals surface area contributed by atoms with Gasteiger partial charge in [0.2, 0.25) is 0 Å². The number of hydrogen-bond acceptors (Lipinski definition) is 5. The summed E-state index contributed by atoms with van der Waals surface area (Å²) in [5.74, 6) is 0.893. The highest BCUT2D eigenvalue weighted by Gasteiger charge is 2.15. The normalized spacial score (nSPS) is 14.2. The molecule has 0 aromatic heterocycles. The fraction of sp³-hybridized carbons (Fsp3) is 0.300. The van der Waals surface area contributed by atoms with E-state index >= 15 is 0 Å². The maximum atomic E-state index is 9.94. The fourth-order valence-electron chi connectivity index (χ4n) is 4.42. The smallest absolute Gasteiger partial charge is 0.124 e. The first-order chi connectivity index (χ1) is 17.2. The first kappa shape index (κ1) is 24.7. The summed E-state index contributed by atoms with van der Waals surface area (Å²) in [6.45, 7) is 8.16. The van der Waals surface area contributed by atoms with E-state index in [9.17, 15) is 5.26 Å². The zero-order valence-corrected chi connectivity index (χ0v) is 20.6. The average molecular weight is 468 g/mol. The molecule has 1 aliphatic rings. The molecule has 1 saturated heterocycles. The van der Waals surface area contributed by atoms with Crippen molar-refractivity contribution >= 4 is 12.2 Å². The third kappa shape index (κ3) is 6.37. The highest BCUT2D eigenvalue weighted by molar-refractivity contribution is 5.81. The van der Waals surface area contributed by atoms with Crippen LogP contribution in [0.3, 0.4) is 0 Å². The number of ether oxygens (including phenoxy) is 2. The Bertz CT molecular complexity index is 1190. The molecule has 3 aromatic carbocycles. The Morgan fingerprint density at radius 3 is 2.49 bits per heavy atom. The lowest BCUT2D eigenvalue weighted by atomic mass is 9.95. The Hall–Kier alpha value is -3.43. The second kappa shape index (κ2) is 12.3. The molecule has 180 valence electrons. The number of methoxy groups -OCH3 is 1. The van der Waals surface area contributed by atoms with Gasteiger partial charge in [0.1, 0.15) is 18.4 Å². The minimum absolute atomic E-state index is 0.509. The van der Waals surface area contributed by atoms with Gasteiger partial charge in [-0.05, 0) is 35.2 Å². The second-order valence-electron chi connectivity index (χ2n) is 8.76. The van der Waals surface area contributed by atoms with Crippen LogP contribution in [0.4, 0.5) is 0 Å². The summed E-state index contributed by atoms with van der Waals surface area (Å²) in [4.78, 5) is 2.46. The van der Waals surface area contributed by atoms with E-state index in [-0.39, 0.29) is 0 Å². The Morgan fingerprint density at radius 1 is 0.971 bits per heavy atom. The van der Waals surface area contributed by atoms with E-state index in [1.165, 1.54) is 11.1 Å². The van der Waals surface area contributed by atoms with Gasteiger partial charge in [-0.15, -0.1) is 0 Å². The van der Waals surface area contributed by atoms with Gasteiger partial charge in [0.05, 0.1) is 12.2 Å². The Kier molecular flexibility index (Phi) is 8.69. The van der Waals surface area contributed by atoms with E-state index in [1.54, 1.807) is 7.11 Å². The van der Waals surface area contributed by atoms with Gasteiger partial charge in [-0.25, -0.2) is 0 Å². The van der Waals surface area contributed by atoms with E-state index in [2.05, 4.69) is 41.4 Å². The summed E-state index contributed by atoms with van der Waals surface area (Å²) in [5, 5.41) is 13.4. The van der Waals surface area contributed by atoms with Crippen LogP contribution in [0, 0.1) is 18.3 Å². The van der Waals surface area contributed by atoms with Gasteiger partial charge in [-0.2, -0.15) is 5.26 Å². The number of nitrogens with zero attached hydrogens (tertiary/aromatic N) is 2. The molecule has 0 spiro atoms. The molecule has 0 saturated carbocycles. The van der Waals surface area contributed by atoms with Crippen molar-refractivity contribution in [3.05, 3.63) is 88.5 Å². The summed E-state index contributed by atoms with van der Waals surface area (Å²) in [5.41, 5.74) is 7.03. The molecule has 1 aliphatic heterocycles. The summed E-state index contributed by atoms with van der Waals surface area (Å²) in [7, 11) is 1.69. The van der Waals surface area contributed by atoms with Gasteiger partial charge < -0.3 is 14.8 Å². The van der Waals surface area contributed by atoms with Crippen molar-refractivity contribution in [3.63, 3.8) is 0 Å². The van der Waals surface area contributed by atoms with E-state index in [0.29, 0.717) is 18.8 Å². The summed E-state index contributed by atoms with van der Waals surface area (Å²) < 4.78 is 11.3. The van der Waals surface area contributed by atoms with Crippen LogP contribution in [-0.2, 0) is 11.3 Å². The molecule has 5 heteroatoms. The molecule has 1 heterocycles. The topological polar surface area (TPSA) is 57.5 Å². The van der Waals surface area contributed by atoms with Crippen LogP contribution in [0.25, 0.3) is 23.3 Å². The van der Waals surface area contributed by atoms with Crippen LogP contribution < -0.4 is 10.1 Å². The highest BCUT2D eigenvalue weighted by atomic mass is 16.5. The van der Waals surface area contributed by atoms with Crippen LogP contribution in [0.2, 0.25) is 0 Å². The predicted molar refractivity (Wildman–Crippen MR) is 142 cm³/mol. The zero-order chi connectivity index (χ0) is 24.5. The van der Waals surface area contributed by atoms with Crippen LogP contribution in [0.15, 0.2) is 60.7 Å². The molecule has 0 aliphatic carbocycles.